The minimum Gasteiger partial charge on any atom is -0.344 e. The first-order valence-electron chi connectivity index (χ1n) is 7.66. The normalized spacial score (nSPS) is 12.8. The number of alkyl halides is 3. The zero-order valence-electron chi connectivity index (χ0n) is 13.9. The van der Waals surface area contributed by atoms with E-state index in [-0.39, 0.29) is 5.69 Å². The Kier molecular flexibility index (Phi) is 4.82. The van der Waals surface area contributed by atoms with Crippen molar-refractivity contribution >= 4 is 17.2 Å². The van der Waals surface area contributed by atoms with Gasteiger partial charge in [-0.25, -0.2) is 4.98 Å². The summed E-state index contributed by atoms with van der Waals surface area (Å²) >= 11 is 1.30. The van der Waals surface area contributed by atoms with Crippen LogP contribution in [-0.4, -0.2) is 20.7 Å². The highest BCUT2D eigenvalue weighted by molar-refractivity contribution is 7.13. The molecule has 1 N–H and O–H groups in total. The number of benzene rings is 1. The van der Waals surface area contributed by atoms with E-state index >= 15 is 0 Å². The molecule has 1 aromatic carbocycles. The molecule has 3 rings (SSSR count). The molecule has 0 fully saturated rings. The summed E-state index contributed by atoms with van der Waals surface area (Å²) in [6.07, 6.45) is -0.995. The molecule has 0 aliphatic carbocycles. The van der Waals surface area contributed by atoms with Crippen LogP contribution >= 0.6 is 11.3 Å². The molecule has 0 aliphatic rings. The van der Waals surface area contributed by atoms with E-state index in [4.69, 9.17) is 0 Å². The highest BCUT2D eigenvalue weighted by Crippen LogP contribution is 2.31. The molecule has 26 heavy (non-hydrogen) atoms. The average Bonchev–Trinajstić information content (AvgIpc) is 3.23. The van der Waals surface area contributed by atoms with Crippen molar-refractivity contribution in [2.45, 2.75) is 19.1 Å². The second-order valence-corrected chi connectivity index (χ2v) is 6.62. The maximum atomic E-state index is 12.8. The lowest BCUT2D eigenvalue weighted by Gasteiger charge is -2.15. The maximum absolute atomic E-state index is 12.8. The number of nitrogens with zero attached hydrogens (tertiary/aromatic N) is 3. The Morgan fingerprint density at radius 1 is 1.35 bits per heavy atom. The Morgan fingerprint density at radius 3 is 2.77 bits per heavy atom. The molecule has 2 heterocycles. The summed E-state index contributed by atoms with van der Waals surface area (Å²) in [5, 5.41) is 8.99. The molecule has 0 radical (unpaired) electrons. The zero-order valence-corrected chi connectivity index (χ0v) is 14.7. The van der Waals surface area contributed by atoms with Crippen molar-refractivity contribution in [3.8, 4) is 10.6 Å². The van der Waals surface area contributed by atoms with Crippen molar-refractivity contribution in [3.05, 3.63) is 58.9 Å². The van der Waals surface area contributed by atoms with Crippen LogP contribution in [0.5, 0.6) is 0 Å². The molecule has 9 heteroatoms. The van der Waals surface area contributed by atoms with Crippen LogP contribution < -0.4 is 5.32 Å². The highest BCUT2D eigenvalue weighted by Gasteiger charge is 2.30. The van der Waals surface area contributed by atoms with Crippen LogP contribution in [0.4, 0.5) is 13.2 Å². The quantitative estimate of drug-likeness (QED) is 0.743. The SMILES string of the molecule is CC(NC(=O)c1csc(-c2cnn(C)c2)n1)c1cccc(C(F)(F)F)c1. The predicted octanol–water partition coefficient (Wildman–Crippen LogP) is 4.05. The third kappa shape index (κ3) is 3.93. The van der Waals surface area contributed by atoms with E-state index in [0.29, 0.717) is 10.6 Å². The van der Waals surface area contributed by atoms with Gasteiger partial charge in [0, 0.05) is 24.2 Å². The number of aryl methyl sites for hydroxylation is 1. The molecule has 0 saturated carbocycles. The van der Waals surface area contributed by atoms with Crippen LogP contribution in [0.3, 0.4) is 0 Å². The van der Waals surface area contributed by atoms with E-state index in [1.807, 2.05) is 0 Å². The Morgan fingerprint density at radius 2 is 2.12 bits per heavy atom. The van der Waals surface area contributed by atoms with Gasteiger partial charge in [0.25, 0.3) is 5.91 Å². The number of aromatic nitrogens is 3. The van der Waals surface area contributed by atoms with Crippen molar-refractivity contribution < 1.29 is 18.0 Å². The molecule has 136 valence electrons. The summed E-state index contributed by atoms with van der Waals surface area (Å²) in [6, 6.07) is 4.31. The van der Waals surface area contributed by atoms with Gasteiger partial charge < -0.3 is 5.32 Å². The maximum Gasteiger partial charge on any atom is 0.416 e. The van der Waals surface area contributed by atoms with Gasteiger partial charge in [-0.1, -0.05) is 12.1 Å². The van der Waals surface area contributed by atoms with Gasteiger partial charge in [-0.2, -0.15) is 18.3 Å². The van der Waals surface area contributed by atoms with Crippen molar-refractivity contribution in [3.63, 3.8) is 0 Å². The summed E-state index contributed by atoms with van der Waals surface area (Å²) in [6.45, 7) is 1.63. The van der Waals surface area contributed by atoms with Gasteiger partial charge in [-0.05, 0) is 24.6 Å². The Hall–Kier alpha value is -2.68. The summed E-state index contributed by atoms with van der Waals surface area (Å²) < 4.78 is 40.1. The van der Waals surface area contributed by atoms with Crippen LogP contribution in [0.15, 0.2) is 42.0 Å². The highest BCUT2D eigenvalue weighted by atomic mass is 32.1. The topological polar surface area (TPSA) is 59.8 Å². The third-order valence-electron chi connectivity index (χ3n) is 3.75. The smallest absolute Gasteiger partial charge is 0.344 e. The second kappa shape index (κ2) is 6.91. The number of rotatable bonds is 4. The fraction of sp³-hybridized carbons (Fsp3) is 0.235. The van der Waals surface area contributed by atoms with Gasteiger partial charge in [0.1, 0.15) is 10.7 Å². The van der Waals surface area contributed by atoms with Gasteiger partial charge in [0.2, 0.25) is 0 Å². The molecule has 0 aliphatic heterocycles. The lowest BCUT2D eigenvalue weighted by molar-refractivity contribution is -0.137. The third-order valence-corrected chi connectivity index (χ3v) is 4.64. The molecule has 5 nitrogen and oxygen atoms in total. The largest absolute Gasteiger partial charge is 0.416 e. The van der Waals surface area contributed by atoms with E-state index in [2.05, 4.69) is 15.4 Å². The fourth-order valence-corrected chi connectivity index (χ4v) is 3.16. The first kappa shape index (κ1) is 18.1. The lowest BCUT2D eigenvalue weighted by Crippen LogP contribution is -2.27. The van der Waals surface area contributed by atoms with Gasteiger partial charge in [0.15, 0.2) is 0 Å². The molecule has 0 saturated heterocycles. The number of carbonyl (C=O) groups is 1. The van der Waals surface area contributed by atoms with E-state index in [1.165, 1.54) is 17.4 Å². The Labute approximate surface area is 151 Å². The van der Waals surface area contributed by atoms with Crippen molar-refractivity contribution in [2.24, 2.45) is 7.05 Å². The van der Waals surface area contributed by atoms with Crippen molar-refractivity contribution in [1.29, 1.82) is 0 Å². The van der Waals surface area contributed by atoms with Crippen LogP contribution in [0, 0.1) is 0 Å². The number of nitrogens with one attached hydrogen (secondary N) is 1. The minimum atomic E-state index is -4.42. The van der Waals surface area contributed by atoms with Gasteiger partial charge in [0.05, 0.1) is 17.8 Å². The summed E-state index contributed by atoms with van der Waals surface area (Å²) in [7, 11) is 1.78. The Balaban J connectivity index is 1.73. The molecular formula is C17H15F3N4OS. The zero-order chi connectivity index (χ0) is 18.9. The number of hydrogen-bond acceptors (Lipinski definition) is 4. The summed E-state index contributed by atoms with van der Waals surface area (Å²) in [5.74, 6) is -0.443. The van der Waals surface area contributed by atoms with Gasteiger partial charge in [-0.3, -0.25) is 9.48 Å². The van der Waals surface area contributed by atoms with E-state index in [1.54, 1.807) is 42.5 Å². The number of hydrogen-bond donors (Lipinski definition) is 1. The van der Waals surface area contributed by atoms with Crippen LogP contribution in [0.2, 0.25) is 0 Å². The molecule has 0 bridgehead atoms. The minimum absolute atomic E-state index is 0.215. The van der Waals surface area contributed by atoms with Crippen molar-refractivity contribution in [2.75, 3.05) is 0 Å². The molecule has 0 spiro atoms. The number of thiazole rings is 1. The van der Waals surface area contributed by atoms with E-state index < -0.39 is 23.7 Å². The molecule has 2 aromatic heterocycles. The van der Waals surface area contributed by atoms with E-state index in [9.17, 15) is 18.0 Å². The van der Waals surface area contributed by atoms with Crippen LogP contribution in [0.1, 0.15) is 34.6 Å². The lowest BCUT2D eigenvalue weighted by atomic mass is 10.0. The molecule has 1 unspecified atom stereocenters. The molecular weight excluding hydrogens is 365 g/mol. The molecule has 1 atom stereocenters. The van der Waals surface area contributed by atoms with Gasteiger partial charge >= 0.3 is 6.18 Å². The molecule has 1 amide bonds. The first-order chi connectivity index (χ1) is 12.2. The Bertz CT molecular complexity index is 932. The molecule has 3 aromatic rings. The monoisotopic (exact) mass is 380 g/mol. The predicted molar refractivity (Wildman–Crippen MR) is 91.6 cm³/mol. The number of carbonyl (C=O) groups excluding carboxylic acids is 1. The number of amides is 1. The van der Waals surface area contributed by atoms with Crippen LogP contribution in [0.25, 0.3) is 10.6 Å². The average molecular weight is 380 g/mol. The first-order valence-corrected chi connectivity index (χ1v) is 8.54. The summed E-state index contributed by atoms with van der Waals surface area (Å²) in [4.78, 5) is 16.6. The van der Waals surface area contributed by atoms with Crippen molar-refractivity contribution in [1.82, 2.24) is 20.1 Å². The van der Waals surface area contributed by atoms with E-state index in [0.717, 1.165) is 17.7 Å². The second-order valence-electron chi connectivity index (χ2n) is 5.76. The fourth-order valence-electron chi connectivity index (χ4n) is 2.38. The number of halogens is 3. The van der Waals surface area contributed by atoms with Gasteiger partial charge in [-0.15, -0.1) is 11.3 Å². The summed E-state index contributed by atoms with van der Waals surface area (Å²) in [5.41, 5.74) is 0.634. The standard InChI is InChI=1S/C17H15F3N4OS/c1-10(11-4-3-5-13(6-11)17(18,19)20)22-15(25)14-9-26-16(23-14)12-7-21-24(2)8-12/h3-10H,1-2H3,(H,22,25). The van der Waals surface area contributed by atoms with Crippen LogP contribution in [-0.2, 0) is 13.2 Å².